The lowest BCUT2D eigenvalue weighted by molar-refractivity contribution is 1.15. The average Bonchev–Trinajstić information content (AvgIpc) is 2.20. The van der Waals surface area contributed by atoms with Crippen LogP contribution >= 0.6 is 0 Å². The average molecular weight is 164 g/mol. The highest BCUT2D eigenvalue weighted by molar-refractivity contribution is 5.60. The monoisotopic (exact) mass is 164 g/mol. The van der Waals surface area contributed by atoms with Crippen LogP contribution in [0.25, 0.3) is 0 Å². The van der Waals surface area contributed by atoms with Crippen molar-refractivity contribution in [3.05, 3.63) is 12.5 Å². The van der Waals surface area contributed by atoms with Gasteiger partial charge in [-0.1, -0.05) is 13.8 Å². The van der Waals surface area contributed by atoms with Crippen LogP contribution in [0, 0.1) is 0 Å². The number of aromatic nitrogens is 2. The molecule has 1 aromatic rings. The smallest absolute Gasteiger partial charge is 0.180 e. The first-order valence-corrected chi connectivity index (χ1v) is 3.62. The molecule has 0 bridgehead atoms. The quantitative estimate of drug-likeness (QED) is 0.629. The number of hydrogen-bond acceptors (Lipinski definition) is 4. The number of nitrogens with zero attached hydrogens (tertiary/aromatic N) is 4. The zero-order valence-corrected chi connectivity index (χ0v) is 7.36. The van der Waals surface area contributed by atoms with Gasteiger partial charge in [0, 0.05) is 0 Å². The number of aliphatic imine (C=N–C) groups is 2. The molecular weight excluding hydrogens is 152 g/mol. The molecule has 0 amide bonds. The second kappa shape index (κ2) is 6.15. The van der Waals surface area contributed by atoms with Crippen LogP contribution in [0.5, 0.6) is 0 Å². The van der Waals surface area contributed by atoms with Crippen LogP contribution in [0.1, 0.15) is 13.8 Å². The molecule has 0 aliphatic rings. The van der Waals surface area contributed by atoms with Crippen molar-refractivity contribution in [1.29, 1.82) is 0 Å². The molecule has 0 atom stereocenters. The maximum Gasteiger partial charge on any atom is 0.180 e. The molecule has 1 heterocycles. The Labute approximate surface area is 72.1 Å². The topological polar surface area (TPSA) is 50.5 Å². The standard InChI is InChI=1S/C6H6N4.C2H6/c1-7-5-3-9-4-10-6(5)8-2;1-2/h3-4H,1-2H2;1-2H3. The first-order valence-electron chi connectivity index (χ1n) is 3.62. The first-order chi connectivity index (χ1) is 5.88. The SMILES string of the molecule is C=Nc1cncnc1N=C.CC. The molecule has 0 saturated heterocycles. The number of hydrogen-bond donors (Lipinski definition) is 0. The Kier molecular flexibility index (Phi) is 5.34. The van der Waals surface area contributed by atoms with Gasteiger partial charge < -0.3 is 0 Å². The summed E-state index contributed by atoms with van der Waals surface area (Å²) < 4.78 is 0. The second-order valence-electron chi connectivity index (χ2n) is 1.55. The summed E-state index contributed by atoms with van der Waals surface area (Å²) in [6.45, 7) is 10.6. The molecule has 0 unspecified atom stereocenters. The van der Waals surface area contributed by atoms with E-state index in [4.69, 9.17) is 0 Å². The maximum atomic E-state index is 3.79. The van der Waals surface area contributed by atoms with Crippen LogP contribution in [0.15, 0.2) is 22.5 Å². The number of rotatable bonds is 2. The Bertz CT molecular complexity index is 230. The molecule has 0 aliphatic carbocycles. The van der Waals surface area contributed by atoms with Crippen LogP contribution in [0.2, 0.25) is 0 Å². The van der Waals surface area contributed by atoms with Crippen molar-refractivity contribution in [3.8, 4) is 0 Å². The summed E-state index contributed by atoms with van der Waals surface area (Å²) in [6, 6.07) is 0. The molecule has 0 fully saturated rings. The Morgan fingerprint density at radius 2 is 1.92 bits per heavy atom. The minimum atomic E-state index is 0.463. The minimum absolute atomic E-state index is 0.463. The highest BCUT2D eigenvalue weighted by Gasteiger charge is 1.95. The molecule has 4 heteroatoms. The van der Waals surface area contributed by atoms with E-state index in [0.717, 1.165) is 0 Å². The van der Waals surface area contributed by atoms with Gasteiger partial charge >= 0.3 is 0 Å². The van der Waals surface area contributed by atoms with Crippen LogP contribution < -0.4 is 0 Å². The van der Waals surface area contributed by atoms with E-state index < -0.39 is 0 Å². The third kappa shape index (κ3) is 2.57. The Morgan fingerprint density at radius 1 is 1.25 bits per heavy atom. The molecule has 1 rings (SSSR count). The maximum absolute atomic E-state index is 3.79. The Balaban J connectivity index is 0.000000561. The lowest BCUT2D eigenvalue weighted by Crippen LogP contribution is -1.76. The van der Waals surface area contributed by atoms with Gasteiger partial charge in [0.15, 0.2) is 5.82 Å². The molecule has 12 heavy (non-hydrogen) atoms. The summed E-state index contributed by atoms with van der Waals surface area (Å²) in [5, 5.41) is 0. The molecule has 0 spiro atoms. The van der Waals surface area contributed by atoms with Gasteiger partial charge in [-0.15, -0.1) is 0 Å². The third-order valence-electron chi connectivity index (χ3n) is 0.993. The van der Waals surface area contributed by atoms with Gasteiger partial charge in [0.2, 0.25) is 0 Å². The predicted octanol–water partition coefficient (Wildman–Crippen LogP) is 2.17. The summed E-state index contributed by atoms with van der Waals surface area (Å²) in [7, 11) is 0. The van der Waals surface area contributed by atoms with Gasteiger partial charge in [-0.2, -0.15) is 0 Å². The summed E-state index contributed by atoms with van der Waals surface area (Å²) in [5.74, 6) is 0.463. The lowest BCUT2D eigenvalue weighted by atomic mass is 10.5. The van der Waals surface area contributed by atoms with E-state index >= 15 is 0 Å². The molecule has 64 valence electrons. The van der Waals surface area contributed by atoms with Crippen molar-refractivity contribution in [3.63, 3.8) is 0 Å². The predicted molar refractivity (Wildman–Crippen MR) is 51.8 cm³/mol. The van der Waals surface area contributed by atoms with E-state index in [9.17, 15) is 0 Å². The third-order valence-corrected chi connectivity index (χ3v) is 0.993. The van der Waals surface area contributed by atoms with Gasteiger partial charge in [-0.05, 0) is 13.4 Å². The summed E-state index contributed by atoms with van der Waals surface area (Å²) in [5.41, 5.74) is 0.553. The van der Waals surface area contributed by atoms with Crippen molar-refractivity contribution < 1.29 is 0 Å². The molecule has 4 nitrogen and oxygen atoms in total. The van der Waals surface area contributed by atoms with Gasteiger partial charge in [0.25, 0.3) is 0 Å². The van der Waals surface area contributed by atoms with Crippen LogP contribution in [-0.2, 0) is 0 Å². The normalized spacial score (nSPS) is 7.83. The molecule has 0 N–H and O–H groups in total. The Hall–Kier alpha value is -1.58. The van der Waals surface area contributed by atoms with Crippen molar-refractivity contribution in [2.45, 2.75) is 13.8 Å². The summed E-state index contributed by atoms with van der Waals surface area (Å²) >= 11 is 0. The van der Waals surface area contributed by atoms with E-state index in [0.29, 0.717) is 11.5 Å². The van der Waals surface area contributed by atoms with Gasteiger partial charge in [-0.3, -0.25) is 4.99 Å². The van der Waals surface area contributed by atoms with Gasteiger partial charge in [-0.25, -0.2) is 15.0 Å². The van der Waals surface area contributed by atoms with Crippen LogP contribution in [0.4, 0.5) is 11.5 Å². The Morgan fingerprint density at radius 3 is 2.33 bits per heavy atom. The van der Waals surface area contributed by atoms with Crippen LogP contribution in [-0.4, -0.2) is 23.4 Å². The van der Waals surface area contributed by atoms with Crippen LogP contribution in [0.3, 0.4) is 0 Å². The van der Waals surface area contributed by atoms with E-state index in [2.05, 4.69) is 33.4 Å². The second-order valence-corrected chi connectivity index (χ2v) is 1.55. The van der Waals surface area contributed by atoms with E-state index in [1.165, 1.54) is 12.5 Å². The van der Waals surface area contributed by atoms with Gasteiger partial charge in [0.1, 0.15) is 12.0 Å². The zero-order chi connectivity index (χ0) is 9.40. The lowest BCUT2D eigenvalue weighted by Gasteiger charge is -1.93. The summed E-state index contributed by atoms with van der Waals surface area (Å²) in [6.07, 6.45) is 2.92. The molecule has 0 aromatic carbocycles. The zero-order valence-electron chi connectivity index (χ0n) is 7.36. The van der Waals surface area contributed by atoms with Gasteiger partial charge in [0.05, 0.1) is 6.20 Å². The largest absolute Gasteiger partial charge is 0.259 e. The highest BCUT2D eigenvalue weighted by Crippen LogP contribution is 2.20. The molecule has 0 radical (unpaired) electrons. The van der Waals surface area contributed by atoms with Crippen molar-refractivity contribution >= 4 is 24.9 Å². The molecular formula is C8H12N4. The fourth-order valence-corrected chi connectivity index (χ4v) is 0.549. The van der Waals surface area contributed by atoms with Crippen molar-refractivity contribution in [2.24, 2.45) is 9.98 Å². The van der Waals surface area contributed by atoms with E-state index in [1.54, 1.807) is 0 Å². The fourth-order valence-electron chi connectivity index (χ4n) is 0.549. The molecule has 0 aliphatic heterocycles. The summed E-state index contributed by atoms with van der Waals surface area (Å²) in [4.78, 5) is 14.8. The van der Waals surface area contributed by atoms with E-state index in [1.807, 2.05) is 13.8 Å². The van der Waals surface area contributed by atoms with Crippen molar-refractivity contribution in [2.75, 3.05) is 0 Å². The molecule has 1 aromatic heterocycles. The van der Waals surface area contributed by atoms with Crippen molar-refractivity contribution in [1.82, 2.24) is 9.97 Å². The molecule has 0 saturated carbocycles. The highest BCUT2D eigenvalue weighted by atomic mass is 15.0. The van der Waals surface area contributed by atoms with E-state index in [-0.39, 0.29) is 0 Å². The minimum Gasteiger partial charge on any atom is -0.259 e. The first kappa shape index (κ1) is 10.4. The fraction of sp³-hybridized carbons (Fsp3) is 0.250.